The Hall–Kier alpha value is -3.61. The summed E-state index contributed by atoms with van der Waals surface area (Å²) in [5, 5.41) is 0. The van der Waals surface area contributed by atoms with E-state index >= 15 is 0 Å². The third-order valence-corrected chi connectivity index (χ3v) is 5.44. The van der Waals surface area contributed by atoms with Crippen LogP contribution >= 0.6 is 0 Å². The highest BCUT2D eigenvalue weighted by Gasteiger charge is 2.27. The molecule has 132 valence electrons. The van der Waals surface area contributed by atoms with E-state index < -0.39 is 0 Å². The van der Waals surface area contributed by atoms with Crippen LogP contribution in [-0.4, -0.2) is 30.3 Å². The molecule has 0 aliphatic carbocycles. The van der Waals surface area contributed by atoms with E-state index in [1.54, 1.807) is 7.11 Å². The molecule has 7 heteroatoms. The van der Waals surface area contributed by atoms with Gasteiger partial charge in [0.2, 0.25) is 0 Å². The van der Waals surface area contributed by atoms with Gasteiger partial charge in [0, 0.05) is 18.0 Å². The molecule has 4 aromatic heterocycles. The number of nitrogens with zero attached hydrogens (tertiary/aromatic N) is 6. The van der Waals surface area contributed by atoms with Crippen LogP contribution in [0.1, 0.15) is 5.56 Å². The van der Waals surface area contributed by atoms with Gasteiger partial charge in [-0.05, 0) is 31.2 Å². The molecule has 0 saturated heterocycles. The highest BCUT2D eigenvalue weighted by molar-refractivity contribution is 5.88. The first-order valence-corrected chi connectivity index (χ1v) is 8.80. The van der Waals surface area contributed by atoms with Crippen LogP contribution in [-0.2, 0) is 7.05 Å². The summed E-state index contributed by atoms with van der Waals surface area (Å²) in [5.74, 6) is 3.53. The zero-order chi connectivity index (χ0) is 18.3. The lowest BCUT2D eigenvalue weighted by Gasteiger charge is -2.04. The fourth-order valence-corrected chi connectivity index (χ4v) is 4.24. The van der Waals surface area contributed by atoms with E-state index in [9.17, 15) is 0 Å². The monoisotopic (exact) mass is 357 g/mol. The van der Waals surface area contributed by atoms with Crippen molar-refractivity contribution in [1.29, 1.82) is 0 Å². The fraction of sp³-hybridized carbons (Fsp3) is 0.150. The maximum atomic E-state index is 5.57. The van der Waals surface area contributed by atoms with E-state index in [2.05, 4.69) is 56.6 Å². The quantitative estimate of drug-likeness (QED) is 0.425. The lowest BCUT2D eigenvalue weighted by Crippen LogP contribution is -2.30. The summed E-state index contributed by atoms with van der Waals surface area (Å²) >= 11 is 0. The predicted octanol–water partition coefficient (Wildman–Crippen LogP) is 2.68. The molecule has 0 amide bonds. The average molecular weight is 357 g/mol. The van der Waals surface area contributed by atoms with E-state index in [1.165, 1.54) is 0 Å². The molecule has 0 unspecified atom stereocenters. The Morgan fingerprint density at radius 1 is 1.04 bits per heavy atom. The van der Waals surface area contributed by atoms with E-state index in [0.29, 0.717) is 0 Å². The van der Waals surface area contributed by atoms with Crippen molar-refractivity contribution in [1.82, 2.24) is 23.2 Å². The van der Waals surface area contributed by atoms with Crippen LogP contribution in [0.15, 0.2) is 48.8 Å². The number of para-hydroxylation sites is 2. The number of hydrogen-bond acceptors (Lipinski definition) is 3. The molecule has 0 aliphatic heterocycles. The minimum Gasteiger partial charge on any atom is -0.496 e. The number of ether oxygens (including phenoxy) is 1. The van der Waals surface area contributed by atoms with Crippen molar-refractivity contribution < 1.29 is 9.30 Å². The highest BCUT2D eigenvalue weighted by atomic mass is 16.5. The molecule has 4 heterocycles. The van der Waals surface area contributed by atoms with Gasteiger partial charge in [-0.15, -0.1) is 0 Å². The van der Waals surface area contributed by atoms with Gasteiger partial charge in [0.05, 0.1) is 14.2 Å². The molecule has 0 spiro atoms. The molecule has 6 aromatic rings. The van der Waals surface area contributed by atoms with Gasteiger partial charge in [0.15, 0.2) is 0 Å². The summed E-state index contributed by atoms with van der Waals surface area (Å²) in [6.07, 6.45) is 3.77. The normalized spacial score (nSPS) is 12.3. The van der Waals surface area contributed by atoms with E-state index in [4.69, 9.17) is 9.72 Å². The number of hydrogen-bond donors (Lipinski definition) is 0. The van der Waals surface area contributed by atoms with Crippen LogP contribution in [0.5, 0.6) is 5.75 Å². The largest absolute Gasteiger partial charge is 0.496 e. The first-order chi connectivity index (χ1) is 13.2. The highest BCUT2D eigenvalue weighted by Crippen LogP contribution is 2.30. The molecule has 0 fully saturated rings. The van der Waals surface area contributed by atoms with Gasteiger partial charge in [0.1, 0.15) is 27.8 Å². The smallest absolute Gasteiger partial charge is 0.380 e. The SMILES string of the molecule is COc1ccc2nc3n4ccnc4n4c5ccccc5[n+](C)c4n3c2c1C. The molecule has 0 radical (unpaired) electrons. The predicted molar refractivity (Wildman–Crippen MR) is 102 cm³/mol. The standard InChI is InChI=1S/C20H17N6O/c1-12-16(27-3)9-8-13-17(12)26-19(22-13)24-11-10-21-18(24)25-15-7-5-4-6-14(15)23(2)20(25)26/h4-11H,1-3H3/q+1. The Balaban J connectivity index is 2.05. The summed E-state index contributed by atoms with van der Waals surface area (Å²) < 4.78 is 14.2. The molecule has 27 heavy (non-hydrogen) atoms. The Labute approximate surface area is 153 Å². The molecular weight excluding hydrogens is 340 g/mol. The Kier molecular flexibility index (Phi) is 2.56. The van der Waals surface area contributed by atoms with Crippen molar-refractivity contribution in [3.8, 4) is 5.75 Å². The fourth-order valence-electron chi connectivity index (χ4n) is 4.24. The van der Waals surface area contributed by atoms with E-state index in [-0.39, 0.29) is 0 Å². The van der Waals surface area contributed by atoms with Gasteiger partial charge in [-0.3, -0.25) is 0 Å². The van der Waals surface area contributed by atoms with Crippen molar-refractivity contribution in [3.63, 3.8) is 0 Å². The van der Waals surface area contributed by atoms with Crippen LogP contribution in [0, 0.1) is 6.92 Å². The summed E-state index contributed by atoms with van der Waals surface area (Å²) in [5.41, 5.74) is 5.28. The average Bonchev–Trinajstić information content (AvgIpc) is 3.37. The summed E-state index contributed by atoms with van der Waals surface area (Å²) in [7, 11) is 3.78. The number of fused-ring (bicyclic) bond motifs is 10. The molecule has 0 saturated carbocycles. The molecule has 0 N–H and O–H groups in total. The number of aryl methyl sites for hydroxylation is 2. The first-order valence-electron chi connectivity index (χ1n) is 8.80. The van der Waals surface area contributed by atoms with E-state index in [1.807, 2.05) is 28.9 Å². The van der Waals surface area contributed by atoms with Crippen molar-refractivity contribution in [3.05, 3.63) is 54.4 Å². The lowest BCUT2D eigenvalue weighted by atomic mass is 10.2. The second kappa shape index (κ2) is 4.76. The topological polar surface area (TPSA) is 52.1 Å². The molecule has 6 rings (SSSR count). The maximum Gasteiger partial charge on any atom is 0.380 e. The number of imidazole rings is 3. The van der Waals surface area contributed by atoms with Crippen molar-refractivity contribution >= 4 is 39.4 Å². The number of aromatic nitrogens is 6. The zero-order valence-corrected chi connectivity index (χ0v) is 15.2. The number of benzene rings is 2. The zero-order valence-electron chi connectivity index (χ0n) is 15.2. The van der Waals surface area contributed by atoms with Crippen LogP contribution in [0.25, 0.3) is 39.4 Å². The minimum absolute atomic E-state index is 0.833. The second-order valence-electron chi connectivity index (χ2n) is 6.79. The number of rotatable bonds is 1. The molecule has 2 aromatic carbocycles. The van der Waals surface area contributed by atoms with Crippen molar-refractivity contribution in [2.45, 2.75) is 6.92 Å². The van der Waals surface area contributed by atoms with Gasteiger partial charge in [-0.25, -0.2) is 14.0 Å². The van der Waals surface area contributed by atoms with Crippen LogP contribution in [0.3, 0.4) is 0 Å². The molecule has 0 bridgehead atoms. The van der Waals surface area contributed by atoms with Gasteiger partial charge in [-0.2, -0.15) is 13.8 Å². The Bertz CT molecular complexity index is 1530. The minimum atomic E-state index is 0.833. The second-order valence-corrected chi connectivity index (χ2v) is 6.79. The van der Waals surface area contributed by atoms with Crippen LogP contribution < -0.4 is 9.30 Å². The van der Waals surface area contributed by atoms with Gasteiger partial charge in [0.25, 0.3) is 11.6 Å². The Morgan fingerprint density at radius 2 is 1.89 bits per heavy atom. The summed E-state index contributed by atoms with van der Waals surface area (Å²) in [4.78, 5) is 9.54. The molecule has 0 aliphatic rings. The molecule has 7 nitrogen and oxygen atoms in total. The van der Waals surface area contributed by atoms with Crippen molar-refractivity contribution in [2.24, 2.45) is 7.05 Å². The molecule has 0 atom stereocenters. The Morgan fingerprint density at radius 3 is 2.74 bits per heavy atom. The number of methoxy groups -OCH3 is 1. The van der Waals surface area contributed by atoms with Crippen LogP contribution in [0.2, 0.25) is 0 Å². The third-order valence-electron chi connectivity index (χ3n) is 5.44. The molecular formula is C20H17N6O+. The summed E-state index contributed by atoms with van der Waals surface area (Å²) in [6, 6.07) is 12.3. The summed E-state index contributed by atoms with van der Waals surface area (Å²) in [6.45, 7) is 2.08. The van der Waals surface area contributed by atoms with Crippen molar-refractivity contribution in [2.75, 3.05) is 7.11 Å². The first kappa shape index (κ1) is 14.5. The van der Waals surface area contributed by atoms with Crippen LogP contribution in [0.4, 0.5) is 0 Å². The lowest BCUT2D eigenvalue weighted by molar-refractivity contribution is -0.620. The third kappa shape index (κ3) is 1.60. The van der Waals surface area contributed by atoms with Gasteiger partial charge >= 0.3 is 5.78 Å². The maximum absolute atomic E-state index is 5.57. The van der Waals surface area contributed by atoms with E-state index in [0.717, 1.165) is 50.7 Å². The van der Waals surface area contributed by atoms with Gasteiger partial charge in [-0.1, -0.05) is 12.1 Å². The van der Waals surface area contributed by atoms with Gasteiger partial charge < -0.3 is 4.74 Å².